The highest BCUT2D eigenvalue weighted by Crippen LogP contribution is 2.38. The second kappa shape index (κ2) is 9.12. The van der Waals surface area contributed by atoms with Crippen molar-refractivity contribution in [3.8, 4) is 11.1 Å². The first-order chi connectivity index (χ1) is 15.0. The number of carbonyl (C=O) groups excluding carboxylic acids is 2. The van der Waals surface area contributed by atoms with Gasteiger partial charge in [-0.25, -0.2) is 9.59 Å². The molecule has 0 heterocycles. The van der Waals surface area contributed by atoms with Gasteiger partial charge in [-0.2, -0.15) is 0 Å². The van der Waals surface area contributed by atoms with Gasteiger partial charge in [0, 0.05) is 6.42 Å². The van der Waals surface area contributed by atoms with E-state index in [1.54, 1.807) is 20.8 Å². The number of carboxylic acids is 1. The van der Waals surface area contributed by atoms with Crippen molar-refractivity contribution in [3.05, 3.63) is 59.2 Å². The van der Waals surface area contributed by atoms with E-state index in [1.165, 1.54) is 5.56 Å². The largest absolute Gasteiger partial charge is 0.479 e. The van der Waals surface area contributed by atoms with E-state index in [1.807, 2.05) is 30.3 Å². The van der Waals surface area contributed by atoms with Crippen LogP contribution < -0.4 is 5.73 Å². The fourth-order valence-corrected chi connectivity index (χ4v) is 3.83. The number of nitrogens with two attached hydrogens (primary N) is 1. The lowest BCUT2D eigenvalue weighted by Crippen LogP contribution is -2.55. The number of esters is 2. The average Bonchev–Trinajstić information content (AvgIpc) is 3.09. The summed E-state index contributed by atoms with van der Waals surface area (Å²) in [6.45, 7) is 5.15. The van der Waals surface area contributed by atoms with E-state index >= 15 is 0 Å². The monoisotopic (exact) mass is 439 g/mol. The van der Waals surface area contributed by atoms with E-state index in [-0.39, 0.29) is 25.9 Å². The van der Waals surface area contributed by atoms with Crippen LogP contribution >= 0.6 is 0 Å². The summed E-state index contributed by atoms with van der Waals surface area (Å²) >= 11 is 0. The van der Waals surface area contributed by atoms with Crippen molar-refractivity contribution in [2.75, 3.05) is 0 Å². The Morgan fingerprint density at radius 2 is 1.72 bits per heavy atom. The van der Waals surface area contributed by atoms with Crippen molar-refractivity contribution >= 4 is 17.9 Å². The van der Waals surface area contributed by atoms with Gasteiger partial charge in [0.15, 0.2) is 0 Å². The predicted octanol–water partition coefficient (Wildman–Crippen LogP) is 3.60. The summed E-state index contributed by atoms with van der Waals surface area (Å²) in [6.07, 6.45) is 0.532. The lowest BCUT2D eigenvalue weighted by atomic mass is 9.93. The van der Waals surface area contributed by atoms with Gasteiger partial charge in [-0.05, 0) is 67.9 Å². The topological polar surface area (TPSA) is 116 Å². The number of hydrogen-bond acceptors (Lipinski definition) is 6. The van der Waals surface area contributed by atoms with Crippen LogP contribution in [0.25, 0.3) is 11.1 Å². The molecule has 2 aromatic carbocycles. The second-order valence-electron chi connectivity index (χ2n) is 9.07. The third-order valence-corrected chi connectivity index (χ3v) is 5.42. The number of ether oxygens (including phenoxy) is 2. The van der Waals surface area contributed by atoms with Crippen LogP contribution in [0.2, 0.25) is 0 Å². The van der Waals surface area contributed by atoms with Crippen LogP contribution in [-0.2, 0) is 36.9 Å². The fraction of sp³-hybridized carbons (Fsp3) is 0.400. The van der Waals surface area contributed by atoms with Crippen molar-refractivity contribution in [1.82, 2.24) is 0 Å². The normalized spacial score (nSPS) is 14.1. The van der Waals surface area contributed by atoms with Gasteiger partial charge in [0.2, 0.25) is 5.54 Å². The van der Waals surface area contributed by atoms with Gasteiger partial charge >= 0.3 is 17.9 Å². The quantitative estimate of drug-likeness (QED) is 0.407. The van der Waals surface area contributed by atoms with Gasteiger partial charge < -0.3 is 20.3 Å². The molecule has 1 aliphatic rings. The minimum absolute atomic E-state index is 0.0404. The summed E-state index contributed by atoms with van der Waals surface area (Å²) in [4.78, 5) is 36.3. The first kappa shape index (κ1) is 23.5. The predicted molar refractivity (Wildman–Crippen MR) is 119 cm³/mol. The smallest absolute Gasteiger partial charge is 0.338 e. The molecule has 170 valence electrons. The van der Waals surface area contributed by atoms with Crippen LogP contribution in [0.5, 0.6) is 0 Å². The van der Waals surface area contributed by atoms with E-state index in [0.717, 1.165) is 28.7 Å². The maximum Gasteiger partial charge on any atom is 0.338 e. The van der Waals surface area contributed by atoms with Gasteiger partial charge in [0.1, 0.15) is 12.2 Å². The molecule has 3 rings (SSSR count). The average molecular weight is 440 g/mol. The Hall–Kier alpha value is -3.19. The van der Waals surface area contributed by atoms with Crippen molar-refractivity contribution in [2.24, 2.45) is 5.73 Å². The SMILES string of the molecule is CC(C)(C)OC(=O)CCC[C@](N)(C(=O)O)C(=O)OCc1cccc2c1Cc1ccccc1-2. The lowest BCUT2D eigenvalue weighted by molar-refractivity contribution is -0.163. The third kappa shape index (κ3) is 5.16. The van der Waals surface area contributed by atoms with Crippen molar-refractivity contribution < 1.29 is 29.0 Å². The molecule has 1 aliphatic carbocycles. The van der Waals surface area contributed by atoms with Crippen LogP contribution in [-0.4, -0.2) is 34.2 Å². The van der Waals surface area contributed by atoms with E-state index in [2.05, 4.69) is 12.1 Å². The van der Waals surface area contributed by atoms with Crippen molar-refractivity contribution in [1.29, 1.82) is 0 Å². The first-order valence-corrected chi connectivity index (χ1v) is 10.6. The molecule has 0 saturated heterocycles. The molecule has 0 aliphatic heterocycles. The number of fused-ring (bicyclic) bond motifs is 3. The number of benzene rings is 2. The van der Waals surface area contributed by atoms with Gasteiger partial charge in [-0.3, -0.25) is 4.79 Å². The molecule has 32 heavy (non-hydrogen) atoms. The third-order valence-electron chi connectivity index (χ3n) is 5.42. The molecule has 0 spiro atoms. The molecule has 0 aromatic heterocycles. The Morgan fingerprint density at radius 3 is 2.41 bits per heavy atom. The van der Waals surface area contributed by atoms with E-state index in [4.69, 9.17) is 15.2 Å². The van der Waals surface area contributed by atoms with Gasteiger partial charge in [-0.15, -0.1) is 0 Å². The number of hydrogen-bond donors (Lipinski definition) is 2. The molecule has 3 N–H and O–H groups in total. The molecular weight excluding hydrogens is 410 g/mol. The van der Waals surface area contributed by atoms with E-state index in [9.17, 15) is 19.5 Å². The fourth-order valence-electron chi connectivity index (χ4n) is 3.83. The lowest BCUT2D eigenvalue weighted by Gasteiger charge is -2.23. The molecule has 0 bridgehead atoms. The molecule has 2 aromatic rings. The van der Waals surface area contributed by atoms with Crippen LogP contribution in [0, 0.1) is 0 Å². The zero-order valence-corrected chi connectivity index (χ0v) is 18.6. The van der Waals surface area contributed by atoms with Crippen LogP contribution in [0.15, 0.2) is 42.5 Å². The second-order valence-corrected chi connectivity index (χ2v) is 9.07. The molecule has 1 atom stereocenters. The van der Waals surface area contributed by atoms with Gasteiger partial charge in [-0.1, -0.05) is 42.5 Å². The number of aliphatic carboxylic acids is 1. The molecule has 0 unspecified atom stereocenters. The maximum atomic E-state index is 12.7. The summed E-state index contributed by atoms with van der Waals surface area (Å²) in [5.74, 6) is -2.99. The van der Waals surface area contributed by atoms with Gasteiger partial charge in [0.25, 0.3) is 0 Å². The minimum atomic E-state index is -2.23. The van der Waals surface area contributed by atoms with Crippen LogP contribution in [0.3, 0.4) is 0 Å². The van der Waals surface area contributed by atoms with Crippen molar-refractivity contribution in [2.45, 2.75) is 64.2 Å². The molecule has 0 fully saturated rings. The highest BCUT2D eigenvalue weighted by atomic mass is 16.6. The van der Waals surface area contributed by atoms with Crippen LogP contribution in [0.1, 0.15) is 56.7 Å². The number of carboxylic acid groups (broad SMARTS) is 1. The van der Waals surface area contributed by atoms with Crippen molar-refractivity contribution in [3.63, 3.8) is 0 Å². The summed E-state index contributed by atoms with van der Waals surface area (Å²) in [5.41, 5.74) is 8.35. The highest BCUT2D eigenvalue weighted by Gasteiger charge is 2.43. The highest BCUT2D eigenvalue weighted by molar-refractivity contribution is 6.03. The van der Waals surface area contributed by atoms with E-state index in [0.29, 0.717) is 0 Å². The maximum absolute atomic E-state index is 12.7. The summed E-state index contributed by atoms with van der Waals surface area (Å²) < 4.78 is 10.6. The molecule has 0 saturated carbocycles. The molecule has 0 radical (unpaired) electrons. The minimum Gasteiger partial charge on any atom is -0.479 e. The Kier molecular flexibility index (Phi) is 6.69. The van der Waals surface area contributed by atoms with Crippen LogP contribution in [0.4, 0.5) is 0 Å². The van der Waals surface area contributed by atoms with Gasteiger partial charge in [0.05, 0.1) is 0 Å². The molecule has 7 heteroatoms. The number of rotatable bonds is 8. The molecule has 7 nitrogen and oxygen atoms in total. The summed E-state index contributed by atoms with van der Waals surface area (Å²) in [5, 5.41) is 9.58. The Morgan fingerprint density at radius 1 is 1.03 bits per heavy atom. The summed E-state index contributed by atoms with van der Waals surface area (Å²) in [6, 6.07) is 13.8. The molecule has 0 amide bonds. The Bertz CT molecular complexity index is 1040. The molecular formula is C25H29NO6. The Balaban J connectivity index is 1.64. The van der Waals surface area contributed by atoms with E-state index < -0.39 is 29.0 Å². The zero-order chi connectivity index (χ0) is 23.5. The standard InChI is InChI=1S/C25H29NO6/c1-24(2,3)32-21(27)12-7-13-25(26,22(28)29)23(30)31-15-17-9-6-11-19-18-10-5-4-8-16(18)14-20(17)19/h4-6,8-11H,7,12-15,26H2,1-3H3,(H,28,29)/t25-/m0/s1. The zero-order valence-electron chi connectivity index (χ0n) is 18.6. The summed E-state index contributed by atoms with van der Waals surface area (Å²) in [7, 11) is 0. The first-order valence-electron chi connectivity index (χ1n) is 10.6. The number of carbonyl (C=O) groups is 3. The Labute approximate surface area is 187 Å².